The fraction of sp³-hybridized carbons (Fsp3) is 0.348. The summed E-state index contributed by atoms with van der Waals surface area (Å²) in [6.07, 6.45) is 2.16. The van der Waals surface area contributed by atoms with Crippen molar-refractivity contribution in [3.05, 3.63) is 42.5 Å². The minimum Gasteiger partial charge on any atom is -0.494 e. The number of nitrogens with two attached hydrogens (primary N) is 1. The molecule has 0 bridgehead atoms. The van der Waals surface area contributed by atoms with E-state index in [1.807, 2.05) is 50.2 Å². The highest BCUT2D eigenvalue weighted by molar-refractivity contribution is 6.01. The van der Waals surface area contributed by atoms with E-state index in [2.05, 4.69) is 28.2 Å². The van der Waals surface area contributed by atoms with Gasteiger partial charge in [0, 0.05) is 35.8 Å². The van der Waals surface area contributed by atoms with Gasteiger partial charge in [0.05, 0.1) is 23.5 Å². The van der Waals surface area contributed by atoms with Crippen LogP contribution in [-0.4, -0.2) is 23.7 Å². The predicted octanol–water partition coefficient (Wildman–Crippen LogP) is 5.23. The minimum atomic E-state index is -0.208. The van der Waals surface area contributed by atoms with Crippen LogP contribution in [0.5, 0.6) is 5.75 Å². The van der Waals surface area contributed by atoms with E-state index < -0.39 is 0 Å². The van der Waals surface area contributed by atoms with E-state index in [0.29, 0.717) is 13.2 Å². The van der Waals surface area contributed by atoms with Crippen molar-refractivity contribution in [3.8, 4) is 17.0 Å². The summed E-state index contributed by atoms with van der Waals surface area (Å²) in [5.41, 5.74) is 11.2. The summed E-state index contributed by atoms with van der Waals surface area (Å²) in [7, 11) is 0. The number of amides is 2. The summed E-state index contributed by atoms with van der Waals surface area (Å²) < 4.78 is 7.98. The number of nitrogens with one attached hydrogen (secondary N) is 2. The van der Waals surface area contributed by atoms with Crippen LogP contribution in [0, 0.1) is 0 Å². The summed E-state index contributed by atoms with van der Waals surface area (Å²) in [6, 6.07) is 13.7. The van der Waals surface area contributed by atoms with Gasteiger partial charge in [-0.25, -0.2) is 4.79 Å². The fourth-order valence-corrected chi connectivity index (χ4v) is 3.52. The van der Waals surface area contributed by atoms with E-state index in [9.17, 15) is 4.79 Å². The van der Waals surface area contributed by atoms with Crippen molar-refractivity contribution >= 4 is 28.3 Å². The maximum absolute atomic E-state index is 11.7. The Labute approximate surface area is 172 Å². The Hall–Kier alpha value is -3.15. The molecule has 4 N–H and O–H groups in total. The first kappa shape index (κ1) is 20.6. The Kier molecular flexibility index (Phi) is 6.65. The first-order chi connectivity index (χ1) is 14.1. The summed E-state index contributed by atoms with van der Waals surface area (Å²) in [6.45, 7) is 8.15. The third kappa shape index (κ3) is 4.47. The third-order valence-electron chi connectivity index (χ3n) is 4.88. The number of benzene rings is 2. The van der Waals surface area contributed by atoms with Crippen molar-refractivity contribution in [1.29, 1.82) is 0 Å². The molecule has 0 atom stereocenters. The van der Waals surface area contributed by atoms with Crippen molar-refractivity contribution in [3.63, 3.8) is 0 Å². The molecule has 0 aliphatic rings. The topological polar surface area (TPSA) is 81.3 Å². The van der Waals surface area contributed by atoms with Gasteiger partial charge >= 0.3 is 6.03 Å². The van der Waals surface area contributed by atoms with E-state index in [-0.39, 0.29) is 6.03 Å². The molecule has 6 heteroatoms. The van der Waals surface area contributed by atoms with Gasteiger partial charge in [-0.2, -0.15) is 0 Å². The molecule has 3 rings (SSSR count). The summed E-state index contributed by atoms with van der Waals surface area (Å²) in [4.78, 5) is 11.7. The van der Waals surface area contributed by atoms with Gasteiger partial charge < -0.3 is 25.7 Å². The lowest BCUT2D eigenvalue weighted by atomic mass is 10.1. The van der Waals surface area contributed by atoms with Gasteiger partial charge in [0.1, 0.15) is 5.75 Å². The molecule has 0 aliphatic heterocycles. The lowest BCUT2D eigenvalue weighted by molar-refractivity contribution is 0.252. The average Bonchev–Trinajstić information content (AvgIpc) is 2.99. The smallest absolute Gasteiger partial charge is 0.319 e. The second-order valence-electron chi connectivity index (χ2n) is 6.94. The number of urea groups is 1. The molecule has 6 nitrogen and oxygen atoms in total. The summed E-state index contributed by atoms with van der Waals surface area (Å²) >= 11 is 0. The quantitative estimate of drug-likeness (QED) is 0.489. The Morgan fingerprint density at radius 1 is 1.10 bits per heavy atom. The van der Waals surface area contributed by atoms with Crippen LogP contribution in [0.15, 0.2) is 42.5 Å². The van der Waals surface area contributed by atoms with Gasteiger partial charge in [0.2, 0.25) is 0 Å². The highest BCUT2D eigenvalue weighted by Crippen LogP contribution is 2.38. The standard InChI is InChI=1S/C23H30N4O2/c1-4-7-14-27-20-15-18(29-6-3)12-13-19(20)21(24)22(27)16-8-10-17(11-9-16)26-23(28)25-5-2/h8-13,15H,4-7,14,24H2,1-3H3,(H2,25,26,28). The molecule has 0 spiro atoms. The Morgan fingerprint density at radius 3 is 2.52 bits per heavy atom. The molecule has 0 aliphatic carbocycles. The molecular weight excluding hydrogens is 364 g/mol. The number of unbranched alkanes of at least 4 members (excludes halogenated alkanes) is 1. The van der Waals surface area contributed by atoms with Crippen LogP contribution in [-0.2, 0) is 6.54 Å². The SMILES string of the molecule is CCCCn1c(-c2ccc(NC(=O)NCC)cc2)c(N)c2ccc(OCC)cc21. The number of hydrogen-bond acceptors (Lipinski definition) is 3. The number of carbonyl (C=O) groups is 1. The molecule has 2 aromatic carbocycles. The Bertz CT molecular complexity index is 977. The number of aromatic nitrogens is 1. The molecule has 0 radical (unpaired) electrons. The van der Waals surface area contributed by atoms with Crippen LogP contribution in [0.2, 0.25) is 0 Å². The fourth-order valence-electron chi connectivity index (χ4n) is 3.52. The van der Waals surface area contributed by atoms with E-state index >= 15 is 0 Å². The first-order valence-corrected chi connectivity index (χ1v) is 10.3. The number of nitrogens with zero attached hydrogens (tertiary/aromatic N) is 1. The second kappa shape index (κ2) is 9.37. The molecule has 29 heavy (non-hydrogen) atoms. The van der Waals surface area contributed by atoms with Crippen LogP contribution >= 0.6 is 0 Å². The Balaban J connectivity index is 2.03. The molecule has 0 saturated carbocycles. The molecule has 0 fully saturated rings. The maximum Gasteiger partial charge on any atom is 0.319 e. The third-order valence-corrected chi connectivity index (χ3v) is 4.88. The van der Waals surface area contributed by atoms with Crippen molar-refractivity contribution in [2.24, 2.45) is 0 Å². The largest absolute Gasteiger partial charge is 0.494 e. The van der Waals surface area contributed by atoms with E-state index in [1.54, 1.807) is 0 Å². The van der Waals surface area contributed by atoms with E-state index in [0.717, 1.165) is 58.7 Å². The molecular formula is C23H30N4O2. The van der Waals surface area contributed by atoms with E-state index in [1.165, 1.54) is 0 Å². The first-order valence-electron chi connectivity index (χ1n) is 10.3. The highest BCUT2D eigenvalue weighted by Gasteiger charge is 2.17. The van der Waals surface area contributed by atoms with Gasteiger partial charge in [-0.1, -0.05) is 25.5 Å². The number of hydrogen-bond donors (Lipinski definition) is 3. The zero-order valence-electron chi connectivity index (χ0n) is 17.4. The highest BCUT2D eigenvalue weighted by atomic mass is 16.5. The van der Waals surface area contributed by atoms with Gasteiger partial charge in [-0.3, -0.25) is 0 Å². The number of ether oxygens (including phenoxy) is 1. The number of rotatable bonds is 8. The molecule has 3 aromatic rings. The molecule has 154 valence electrons. The van der Waals surface area contributed by atoms with Crippen LogP contribution in [0.1, 0.15) is 33.6 Å². The number of anilines is 2. The molecule has 1 heterocycles. The van der Waals surface area contributed by atoms with Crippen LogP contribution in [0.4, 0.5) is 16.2 Å². The lowest BCUT2D eigenvalue weighted by Crippen LogP contribution is -2.28. The molecule has 2 amide bonds. The predicted molar refractivity (Wildman–Crippen MR) is 121 cm³/mol. The van der Waals surface area contributed by atoms with Gasteiger partial charge in [0.15, 0.2) is 0 Å². The number of carbonyl (C=O) groups excluding carboxylic acids is 1. The number of fused-ring (bicyclic) bond motifs is 1. The van der Waals surface area contributed by atoms with Gasteiger partial charge in [-0.15, -0.1) is 0 Å². The zero-order valence-corrected chi connectivity index (χ0v) is 17.4. The maximum atomic E-state index is 11.7. The zero-order chi connectivity index (χ0) is 20.8. The van der Waals surface area contributed by atoms with Crippen LogP contribution < -0.4 is 21.1 Å². The van der Waals surface area contributed by atoms with Gasteiger partial charge in [0.25, 0.3) is 0 Å². The monoisotopic (exact) mass is 394 g/mol. The van der Waals surface area contributed by atoms with Crippen molar-refractivity contribution in [1.82, 2.24) is 9.88 Å². The van der Waals surface area contributed by atoms with Crippen molar-refractivity contribution in [2.45, 2.75) is 40.2 Å². The van der Waals surface area contributed by atoms with Crippen molar-refractivity contribution < 1.29 is 9.53 Å². The lowest BCUT2D eigenvalue weighted by Gasteiger charge is -2.13. The molecule has 0 saturated heterocycles. The van der Waals surface area contributed by atoms with Crippen molar-refractivity contribution in [2.75, 3.05) is 24.2 Å². The van der Waals surface area contributed by atoms with Crippen LogP contribution in [0.3, 0.4) is 0 Å². The summed E-state index contributed by atoms with van der Waals surface area (Å²) in [5, 5.41) is 6.59. The van der Waals surface area contributed by atoms with Crippen LogP contribution in [0.25, 0.3) is 22.2 Å². The second-order valence-corrected chi connectivity index (χ2v) is 6.94. The van der Waals surface area contributed by atoms with E-state index in [4.69, 9.17) is 10.5 Å². The number of aryl methyl sites for hydroxylation is 1. The molecule has 1 aromatic heterocycles. The minimum absolute atomic E-state index is 0.208. The number of nitrogen functional groups attached to an aromatic ring is 1. The average molecular weight is 395 g/mol. The normalized spacial score (nSPS) is 10.9. The molecule has 0 unspecified atom stereocenters. The summed E-state index contributed by atoms with van der Waals surface area (Å²) in [5.74, 6) is 0.850. The Morgan fingerprint density at radius 2 is 1.86 bits per heavy atom. The van der Waals surface area contributed by atoms with Gasteiger partial charge in [-0.05, 0) is 44.5 Å².